The molecule has 0 aromatic carbocycles. The number of aromatic nitrogens is 2. The van der Waals surface area contributed by atoms with Crippen molar-refractivity contribution in [3.05, 3.63) is 11.8 Å². The summed E-state index contributed by atoms with van der Waals surface area (Å²) >= 11 is 0. The molecule has 2 N–H and O–H groups in total. The molecule has 0 radical (unpaired) electrons. The zero-order chi connectivity index (χ0) is 9.80. The monoisotopic (exact) mass is 195 g/mol. The molecule has 1 aromatic rings. The van der Waals surface area contributed by atoms with E-state index in [-0.39, 0.29) is 0 Å². The first kappa shape index (κ1) is 9.65. The van der Waals surface area contributed by atoms with Crippen molar-refractivity contribution >= 4 is 0 Å². The van der Waals surface area contributed by atoms with E-state index in [9.17, 15) is 0 Å². The molecule has 1 aliphatic rings. The van der Waals surface area contributed by atoms with Crippen molar-refractivity contribution in [2.24, 2.45) is 5.73 Å². The Bertz CT molecular complexity index is 279. The van der Waals surface area contributed by atoms with Crippen molar-refractivity contribution in [3.8, 4) is 0 Å². The van der Waals surface area contributed by atoms with Crippen LogP contribution in [0.5, 0.6) is 0 Å². The van der Waals surface area contributed by atoms with Gasteiger partial charge < -0.3 is 10.2 Å². The Hall–Kier alpha value is -0.900. The predicted octanol–water partition coefficient (Wildman–Crippen LogP) is 1.62. The molecule has 1 aromatic heterocycles. The lowest BCUT2D eigenvalue weighted by atomic mass is 10.1. The van der Waals surface area contributed by atoms with E-state index in [0.29, 0.717) is 12.5 Å². The molecule has 0 atom stereocenters. The number of nitrogens with zero attached hydrogens (tertiary/aromatic N) is 2. The SMILES string of the molecule is NCCCc1nnc(C2CCCC2)o1. The van der Waals surface area contributed by atoms with Crippen molar-refractivity contribution in [2.45, 2.75) is 44.4 Å². The Labute approximate surface area is 83.9 Å². The third-order valence-electron chi connectivity index (χ3n) is 2.78. The minimum atomic E-state index is 0.522. The first-order chi connectivity index (χ1) is 6.90. The minimum absolute atomic E-state index is 0.522. The number of hydrogen-bond acceptors (Lipinski definition) is 4. The standard InChI is InChI=1S/C10H17N3O/c11-7-3-6-9-12-13-10(14-9)8-4-1-2-5-8/h8H,1-7,11H2. The molecule has 0 spiro atoms. The van der Waals surface area contributed by atoms with Gasteiger partial charge in [-0.1, -0.05) is 12.8 Å². The second kappa shape index (κ2) is 4.55. The largest absolute Gasteiger partial charge is 0.425 e. The van der Waals surface area contributed by atoms with Crippen LogP contribution in [0.15, 0.2) is 4.42 Å². The van der Waals surface area contributed by atoms with E-state index in [4.69, 9.17) is 10.2 Å². The highest BCUT2D eigenvalue weighted by Gasteiger charge is 2.22. The fraction of sp³-hybridized carbons (Fsp3) is 0.800. The van der Waals surface area contributed by atoms with E-state index in [2.05, 4.69) is 10.2 Å². The van der Waals surface area contributed by atoms with Crippen LogP contribution >= 0.6 is 0 Å². The van der Waals surface area contributed by atoms with Crippen molar-refractivity contribution in [3.63, 3.8) is 0 Å². The molecule has 0 aliphatic heterocycles. The van der Waals surface area contributed by atoms with E-state index in [1.807, 2.05) is 0 Å². The quantitative estimate of drug-likeness (QED) is 0.792. The van der Waals surface area contributed by atoms with E-state index >= 15 is 0 Å². The van der Waals surface area contributed by atoms with E-state index in [1.165, 1.54) is 25.7 Å². The van der Waals surface area contributed by atoms with Gasteiger partial charge in [0.25, 0.3) is 0 Å². The average molecular weight is 195 g/mol. The van der Waals surface area contributed by atoms with Gasteiger partial charge in [0.05, 0.1) is 0 Å². The number of nitrogens with two attached hydrogens (primary N) is 1. The molecule has 1 fully saturated rings. The van der Waals surface area contributed by atoms with Gasteiger partial charge in [-0.15, -0.1) is 10.2 Å². The average Bonchev–Trinajstić information content (AvgIpc) is 2.85. The predicted molar refractivity (Wildman–Crippen MR) is 52.9 cm³/mol. The van der Waals surface area contributed by atoms with Gasteiger partial charge in [0.15, 0.2) is 0 Å². The maximum atomic E-state index is 5.59. The molecule has 0 amide bonds. The Morgan fingerprint density at radius 1 is 1.29 bits per heavy atom. The first-order valence-corrected chi connectivity index (χ1v) is 5.42. The van der Waals surface area contributed by atoms with Crippen LogP contribution in [0.1, 0.15) is 49.8 Å². The molecule has 14 heavy (non-hydrogen) atoms. The highest BCUT2D eigenvalue weighted by atomic mass is 16.4. The second-order valence-corrected chi connectivity index (χ2v) is 3.91. The fourth-order valence-corrected chi connectivity index (χ4v) is 1.96. The Morgan fingerprint density at radius 2 is 2.07 bits per heavy atom. The molecule has 0 unspecified atom stereocenters. The minimum Gasteiger partial charge on any atom is -0.425 e. The first-order valence-electron chi connectivity index (χ1n) is 5.42. The maximum absolute atomic E-state index is 5.59. The molecular weight excluding hydrogens is 178 g/mol. The van der Waals surface area contributed by atoms with Crippen LogP contribution < -0.4 is 5.73 Å². The van der Waals surface area contributed by atoms with Crippen LogP contribution in [0.25, 0.3) is 0 Å². The van der Waals surface area contributed by atoms with E-state index in [1.54, 1.807) is 0 Å². The van der Waals surface area contributed by atoms with Crippen molar-refractivity contribution in [1.82, 2.24) is 10.2 Å². The Balaban J connectivity index is 1.94. The number of aryl methyl sites for hydroxylation is 1. The summed E-state index contributed by atoms with van der Waals surface area (Å²) in [7, 11) is 0. The fourth-order valence-electron chi connectivity index (χ4n) is 1.96. The summed E-state index contributed by atoms with van der Waals surface area (Å²) in [5.41, 5.74) is 5.42. The summed E-state index contributed by atoms with van der Waals surface area (Å²) in [6.07, 6.45) is 6.75. The normalized spacial score (nSPS) is 17.8. The molecule has 1 aliphatic carbocycles. The smallest absolute Gasteiger partial charge is 0.219 e. The molecule has 1 heterocycles. The second-order valence-electron chi connectivity index (χ2n) is 3.91. The zero-order valence-electron chi connectivity index (χ0n) is 8.41. The van der Waals surface area contributed by atoms with Gasteiger partial charge >= 0.3 is 0 Å². The molecule has 0 bridgehead atoms. The zero-order valence-corrected chi connectivity index (χ0v) is 8.41. The Kier molecular flexibility index (Phi) is 3.14. The van der Waals surface area contributed by atoms with Crippen molar-refractivity contribution < 1.29 is 4.42 Å². The van der Waals surface area contributed by atoms with Gasteiger partial charge in [-0.2, -0.15) is 0 Å². The molecule has 0 saturated heterocycles. The van der Waals surface area contributed by atoms with E-state index in [0.717, 1.165) is 24.6 Å². The van der Waals surface area contributed by atoms with Crippen LogP contribution in [-0.2, 0) is 6.42 Å². The topological polar surface area (TPSA) is 64.9 Å². The lowest BCUT2D eigenvalue weighted by Crippen LogP contribution is -2.00. The third-order valence-corrected chi connectivity index (χ3v) is 2.78. The van der Waals surface area contributed by atoms with Crippen LogP contribution in [0.4, 0.5) is 0 Å². The molecule has 4 nitrogen and oxygen atoms in total. The van der Waals surface area contributed by atoms with Gasteiger partial charge in [0, 0.05) is 12.3 Å². The van der Waals surface area contributed by atoms with Crippen molar-refractivity contribution in [1.29, 1.82) is 0 Å². The van der Waals surface area contributed by atoms with Gasteiger partial charge in [-0.05, 0) is 25.8 Å². The van der Waals surface area contributed by atoms with Crippen molar-refractivity contribution in [2.75, 3.05) is 6.54 Å². The number of hydrogen-bond donors (Lipinski definition) is 1. The highest BCUT2D eigenvalue weighted by molar-refractivity contribution is 4.94. The number of rotatable bonds is 4. The van der Waals surface area contributed by atoms with Gasteiger partial charge in [0.2, 0.25) is 11.8 Å². The third kappa shape index (κ3) is 2.12. The van der Waals surface area contributed by atoms with Crippen LogP contribution in [0.2, 0.25) is 0 Å². The summed E-state index contributed by atoms with van der Waals surface area (Å²) < 4.78 is 5.59. The lowest BCUT2D eigenvalue weighted by Gasteiger charge is -2.00. The molecule has 1 saturated carbocycles. The molecule has 2 rings (SSSR count). The maximum Gasteiger partial charge on any atom is 0.219 e. The van der Waals surface area contributed by atoms with Crippen LogP contribution in [0, 0.1) is 0 Å². The summed E-state index contributed by atoms with van der Waals surface area (Å²) in [5, 5.41) is 8.12. The van der Waals surface area contributed by atoms with Gasteiger partial charge in [-0.25, -0.2) is 0 Å². The Morgan fingerprint density at radius 3 is 2.79 bits per heavy atom. The summed E-state index contributed by atoms with van der Waals surface area (Å²) in [5.74, 6) is 2.11. The van der Waals surface area contributed by atoms with Gasteiger partial charge in [-0.3, -0.25) is 0 Å². The summed E-state index contributed by atoms with van der Waals surface area (Å²) in [4.78, 5) is 0. The van der Waals surface area contributed by atoms with Crippen LogP contribution in [-0.4, -0.2) is 16.7 Å². The summed E-state index contributed by atoms with van der Waals surface area (Å²) in [6, 6.07) is 0. The molecular formula is C10H17N3O. The van der Waals surface area contributed by atoms with Gasteiger partial charge in [0.1, 0.15) is 0 Å². The molecule has 78 valence electrons. The molecule has 4 heteroatoms. The van der Waals surface area contributed by atoms with Crippen LogP contribution in [0.3, 0.4) is 0 Å². The highest BCUT2D eigenvalue weighted by Crippen LogP contribution is 2.33. The van der Waals surface area contributed by atoms with E-state index < -0.39 is 0 Å². The summed E-state index contributed by atoms with van der Waals surface area (Å²) in [6.45, 7) is 0.682. The lowest BCUT2D eigenvalue weighted by molar-refractivity contribution is 0.413.